The summed E-state index contributed by atoms with van der Waals surface area (Å²) >= 11 is 0. The maximum atomic E-state index is 15.0. The third-order valence-corrected chi connectivity index (χ3v) is 10.2. The number of allylic oxidation sites excluding steroid dienone is 4. The number of rotatable bonds is 5. The molecule has 1 spiro atoms. The highest BCUT2D eigenvalue weighted by atomic mass is 16.5. The number of Topliss-reactive ketones (excluding diaryl/α,β-unsaturated/α-hetero) is 3. The van der Waals surface area contributed by atoms with Gasteiger partial charge in [0.15, 0.2) is 17.3 Å². The van der Waals surface area contributed by atoms with Crippen molar-refractivity contribution >= 4 is 17.3 Å². The highest BCUT2D eigenvalue weighted by Crippen LogP contribution is 2.65. The van der Waals surface area contributed by atoms with Crippen molar-refractivity contribution in [3.05, 3.63) is 58.9 Å². The number of ketones is 3. The minimum Gasteiger partial charge on any atom is -0.490 e. The first-order chi connectivity index (χ1) is 18.5. The summed E-state index contributed by atoms with van der Waals surface area (Å²) < 4.78 is 6.30. The molecule has 7 heteroatoms. The predicted molar refractivity (Wildman–Crippen MR) is 149 cm³/mol. The Hall–Kier alpha value is -2.61. The summed E-state index contributed by atoms with van der Waals surface area (Å²) in [6, 6.07) is 8.45. The molecule has 5 rings (SSSR count). The van der Waals surface area contributed by atoms with Gasteiger partial charge in [0.2, 0.25) is 0 Å². The monoisotopic (exact) mass is 550 g/mol. The van der Waals surface area contributed by atoms with Gasteiger partial charge in [0.05, 0.1) is 27.6 Å². The van der Waals surface area contributed by atoms with Gasteiger partial charge in [-0.05, 0) is 85.5 Å². The van der Waals surface area contributed by atoms with E-state index in [1.807, 2.05) is 19.9 Å². The topological polar surface area (TPSA) is 121 Å². The Bertz CT molecular complexity index is 1310. The number of benzene rings is 1. The van der Waals surface area contributed by atoms with Crippen LogP contribution < -0.4 is 0 Å². The van der Waals surface area contributed by atoms with Crippen LogP contribution in [0.2, 0.25) is 0 Å². The van der Waals surface area contributed by atoms with Gasteiger partial charge in [0, 0.05) is 12.0 Å². The molecule has 0 amide bonds. The van der Waals surface area contributed by atoms with Gasteiger partial charge in [-0.15, -0.1) is 0 Å². The second kappa shape index (κ2) is 9.20. The highest BCUT2D eigenvalue weighted by Gasteiger charge is 2.71. The first-order valence-electron chi connectivity index (χ1n) is 14.4. The summed E-state index contributed by atoms with van der Waals surface area (Å²) in [5, 5.41) is 34.2. The van der Waals surface area contributed by atoms with Crippen LogP contribution in [-0.4, -0.2) is 55.6 Å². The minimum absolute atomic E-state index is 0.0338. The molecule has 1 aromatic carbocycles. The van der Waals surface area contributed by atoms with Gasteiger partial charge in [-0.25, -0.2) is 0 Å². The molecule has 1 heterocycles. The van der Waals surface area contributed by atoms with Crippen LogP contribution in [0.15, 0.2) is 53.3 Å². The van der Waals surface area contributed by atoms with E-state index < -0.39 is 51.2 Å². The normalized spacial score (nSPS) is 39.2. The van der Waals surface area contributed by atoms with Crippen molar-refractivity contribution in [1.29, 1.82) is 0 Å². The van der Waals surface area contributed by atoms with Crippen LogP contribution in [0.3, 0.4) is 0 Å². The van der Waals surface area contributed by atoms with E-state index in [1.165, 1.54) is 0 Å². The molecule has 7 atom stereocenters. The molecule has 7 nitrogen and oxygen atoms in total. The third-order valence-electron chi connectivity index (χ3n) is 10.2. The molecule has 0 unspecified atom stereocenters. The first kappa shape index (κ1) is 28.9. The van der Waals surface area contributed by atoms with E-state index in [9.17, 15) is 24.9 Å². The molecule has 0 radical (unpaired) electrons. The number of ether oxygens (including phenoxy) is 1. The van der Waals surface area contributed by atoms with Crippen molar-refractivity contribution in [1.82, 2.24) is 0 Å². The summed E-state index contributed by atoms with van der Waals surface area (Å²) in [7, 11) is 0. The first-order valence-corrected chi connectivity index (χ1v) is 14.4. The van der Waals surface area contributed by atoms with Crippen LogP contribution in [0.5, 0.6) is 0 Å². The summed E-state index contributed by atoms with van der Waals surface area (Å²) in [6.07, 6.45) is 2.36. The maximum Gasteiger partial charge on any atom is 0.200 e. The van der Waals surface area contributed by atoms with E-state index in [-0.39, 0.29) is 48.7 Å². The van der Waals surface area contributed by atoms with E-state index in [1.54, 1.807) is 58.0 Å². The Morgan fingerprint density at radius 2 is 1.70 bits per heavy atom. The molecule has 1 aliphatic heterocycles. The Morgan fingerprint density at radius 3 is 2.30 bits per heavy atom. The van der Waals surface area contributed by atoms with Crippen molar-refractivity contribution < 1.29 is 34.4 Å². The molecule has 1 saturated heterocycles. The number of aliphatic hydroxyl groups is 3. The molecule has 2 saturated carbocycles. The number of hydrogen-bond acceptors (Lipinski definition) is 7. The Kier molecular flexibility index (Phi) is 6.65. The molecule has 1 aromatic rings. The van der Waals surface area contributed by atoms with Crippen molar-refractivity contribution in [3.8, 4) is 0 Å². The molecular weight excluding hydrogens is 508 g/mol. The SMILES string of the molecule is CC(C)=CC[C@]12C[C@@H](C(C)(C)O)OC1=C(C(=O)c1ccccc1)C(=O)[C@]1(C[C@H]3[C@@H](CC[C@@]3(C)O)[C@](C)(O)C1)C2=O. The number of hydrogen-bond donors (Lipinski definition) is 3. The van der Waals surface area contributed by atoms with E-state index >= 15 is 4.79 Å². The van der Waals surface area contributed by atoms with Crippen LogP contribution in [0, 0.1) is 22.7 Å². The van der Waals surface area contributed by atoms with Crippen LogP contribution in [0.25, 0.3) is 0 Å². The quantitative estimate of drug-likeness (QED) is 0.214. The molecular formula is C33H42O7. The molecule has 3 fully saturated rings. The maximum absolute atomic E-state index is 15.0. The largest absolute Gasteiger partial charge is 0.490 e. The third kappa shape index (κ3) is 4.24. The zero-order valence-electron chi connectivity index (χ0n) is 24.4. The summed E-state index contributed by atoms with van der Waals surface area (Å²) in [4.78, 5) is 44.0. The Labute approximate surface area is 236 Å². The fourth-order valence-corrected chi connectivity index (χ4v) is 7.99. The fraction of sp³-hybridized carbons (Fsp3) is 0.606. The van der Waals surface area contributed by atoms with E-state index in [4.69, 9.17) is 4.74 Å². The lowest BCUT2D eigenvalue weighted by molar-refractivity contribution is -0.171. The number of carbonyl (C=O) groups excluding carboxylic acids is 3. The molecule has 3 N–H and O–H groups in total. The lowest BCUT2D eigenvalue weighted by atomic mass is 9.48. The Balaban J connectivity index is 1.79. The highest BCUT2D eigenvalue weighted by molar-refractivity contribution is 6.34. The van der Waals surface area contributed by atoms with Crippen molar-refractivity contribution in [2.24, 2.45) is 22.7 Å². The van der Waals surface area contributed by atoms with Crippen molar-refractivity contribution in [2.75, 3.05) is 0 Å². The van der Waals surface area contributed by atoms with E-state index in [0.29, 0.717) is 18.4 Å². The molecule has 3 aliphatic carbocycles. The lowest BCUT2D eigenvalue weighted by Crippen LogP contribution is -2.63. The van der Waals surface area contributed by atoms with Gasteiger partial charge in [0.1, 0.15) is 17.4 Å². The van der Waals surface area contributed by atoms with Gasteiger partial charge >= 0.3 is 0 Å². The van der Waals surface area contributed by atoms with E-state index in [2.05, 4.69) is 0 Å². The summed E-state index contributed by atoms with van der Waals surface area (Å²) in [5.41, 5.74) is -5.92. The summed E-state index contributed by atoms with van der Waals surface area (Å²) in [6.45, 7) is 10.4. The van der Waals surface area contributed by atoms with Gasteiger partial charge in [-0.2, -0.15) is 0 Å². The van der Waals surface area contributed by atoms with Crippen LogP contribution in [0.4, 0.5) is 0 Å². The average molecular weight is 551 g/mol. The summed E-state index contributed by atoms with van der Waals surface area (Å²) in [5.74, 6) is -2.30. The lowest BCUT2D eigenvalue weighted by Gasteiger charge is -2.54. The van der Waals surface area contributed by atoms with Gasteiger partial charge in [-0.1, -0.05) is 42.0 Å². The minimum atomic E-state index is -1.71. The number of fused-ring (bicyclic) bond motifs is 2. The predicted octanol–water partition coefficient (Wildman–Crippen LogP) is 4.49. The second-order valence-corrected chi connectivity index (χ2v) is 14.0. The molecule has 40 heavy (non-hydrogen) atoms. The Morgan fingerprint density at radius 1 is 1.05 bits per heavy atom. The van der Waals surface area contributed by atoms with Gasteiger partial charge in [-0.3, -0.25) is 14.4 Å². The molecule has 0 aromatic heterocycles. The molecule has 216 valence electrons. The standard InChI is InChI=1S/C33H42O7/c1-19(2)12-15-32-17-23(29(3,4)37)40-27(32)24(25(34)20-10-8-7-9-11-20)26(35)33(28(32)36)16-22-21(31(6,39)18-33)13-14-30(22,5)38/h7-12,21-23,37-39H,13-18H2,1-6H3/t21-,22+,23+,30-,31-,32+,33-/m1/s1. The van der Waals surface area contributed by atoms with Gasteiger partial charge < -0.3 is 20.1 Å². The fourth-order valence-electron chi connectivity index (χ4n) is 7.99. The van der Waals surface area contributed by atoms with Crippen molar-refractivity contribution in [2.45, 2.75) is 103 Å². The zero-order valence-corrected chi connectivity index (χ0v) is 24.4. The average Bonchev–Trinajstić information content (AvgIpc) is 3.41. The number of carbonyl (C=O) groups is 3. The van der Waals surface area contributed by atoms with Crippen LogP contribution in [0.1, 0.15) is 90.4 Å². The van der Waals surface area contributed by atoms with Crippen molar-refractivity contribution in [3.63, 3.8) is 0 Å². The van der Waals surface area contributed by atoms with E-state index in [0.717, 1.165) is 5.57 Å². The molecule has 4 aliphatic rings. The zero-order chi connectivity index (χ0) is 29.5. The second-order valence-electron chi connectivity index (χ2n) is 14.0. The van der Waals surface area contributed by atoms with Gasteiger partial charge in [0.25, 0.3) is 0 Å². The smallest absolute Gasteiger partial charge is 0.200 e. The van der Waals surface area contributed by atoms with Crippen LogP contribution in [-0.2, 0) is 14.3 Å². The van der Waals surface area contributed by atoms with Crippen LogP contribution >= 0.6 is 0 Å². The molecule has 0 bridgehead atoms.